The van der Waals surface area contributed by atoms with E-state index in [2.05, 4.69) is 15.2 Å². The molecule has 114 valence electrons. The van der Waals surface area contributed by atoms with E-state index in [1.165, 1.54) is 27.9 Å². The molecule has 1 heterocycles. The molecule has 1 aromatic rings. The second kappa shape index (κ2) is 6.82. The van der Waals surface area contributed by atoms with E-state index in [-0.39, 0.29) is 16.3 Å². The van der Waals surface area contributed by atoms with Crippen molar-refractivity contribution in [1.29, 1.82) is 0 Å². The Morgan fingerprint density at radius 2 is 2.10 bits per heavy atom. The van der Waals surface area contributed by atoms with E-state index in [9.17, 15) is 13.2 Å². The minimum absolute atomic E-state index is 0.0333. The summed E-state index contributed by atoms with van der Waals surface area (Å²) in [5, 5.41) is 6.13. The maximum Gasteiger partial charge on any atom is 0.246 e. The van der Waals surface area contributed by atoms with Gasteiger partial charge in [-0.3, -0.25) is 4.79 Å². The molecule has 9 heteroatoms. The second-order valence-electron chi connectivity index (χ2n) is 4.28. The van der Waals surface area contributed by atoms with Gasteiger partial charge in [0.05, 0.1) is 12.6 Å². The molecular formula is C11H19N3O5S. The van der Waals surface area contributed by atoms with Crippen LogP contribution in [0.5, 0.6) is 0 Å². The lowest BCUT2D eigenvalue weighted by atomic mass is 10.3. The van der Waals surface area contributed by atoms with Gasteiger partial charge < -0.3 is 14.6 Å². The molecule has 0 aliphatic carbocycles. The molecule has 0 aliphatic heterocycles. The Hall–Kier alpha value is -1.45. The van der Waals surface area contributed by atoms with E-state index < -0.39 is 22.0 Å². The highest BCUT2D eigenvalue weighted by Crippen LogP contribution is 2.18. The summed E-state index contributed by atoms with van der Waals surface area (Å²) < 4.78 is 36.2. The van der Waals surface area contributed by atoms with Crippen molar-refractivity contribution in [3.05, 3.63) is 11.5 Å². The molecule has 1 rings (SSSR count). The Morgan fingerprint density at radius 1 is 1.45 bits per heavy atom. The number of carbonyl (C=O) groups is 1. The Morgan fingerprint density at radius 3 is 2.60 bits per heavy atom. The number of amides is 1. The van der Waals surface area contributed by atoms with Crippen LogP contribution < -0.4 is 10.0 Å². The number of sulfonamides is 1. The number of methoxy groups -OCH3 is 1. The zero-order valence-electron chi connectivity index (χ0n) is 11.9. The minimum atomic E-state index is -3.85. The van der Waals surface area contributed by atoms with Crippen molar-refractivity contribution in [3.8, 4) is 0 Å². The molecule has 0 unspecified atom stereocenters. The molecule has 20 heavy (non-hydrogen) atoms. The molecule has 1 aromatic heterocycles. The third-order valence-corrected chi connectivity index (χ3v) is 4.35. The smallest absolute Gasteiger partial charge is 0.246 e. The maximum atomic E-state index is 12.2. The van der Waals surface area contributed by atoms with E-state index >= 15 is 0 Å². The van der Waals surface area contributed by atoms with Crippen LogP contribution in [-0.2, 0) is 19.6 Å². The summed E-state index contributed by atoms with van der Waals surface area (Å²) in [4.78, 5) is 11.7. The van der Waals surface area contributed by atoms with E-state index in [4.69, 9.17) is 9.26 Å². The first kappa shape index (κ1) is 16.6. The third kappa shape index (κ3) is 4.02. The van der Waals surface area contributed by atoms with Gasteiger partial charge >= 0.3 is 0 Å². The van der Waals surface area contributed by atoms with Crippen LogP contribution in [-0.4, -0.2) is 45.8 Å². The summed E-state index contributed by atoms with van der Waals surface area (Å²) >= 11 is 0. The standard InChI is InChI=1S/C11H19N3O5S/c1-7-10(9(3)19-13-7)20(16,17)14-8(2)11(15)12-5-6-18-4/h8,14H,5-6H2,1-4H3,(H,12,15)/t8-/m0/s1. The lowest BCUT2D eigenvalue weighted by Crippen LogP contribution is -2.45. The number of rotatable bonds is 7. The van der Waals surface area contributed by atoms with Gasteiger partial charge in [0.15, 0.2) is 5.76 Å². The normalized spacial score (nSPS) is 13.2. The Kier molecular flexibility index (Phi) is 5.66. The van der Waals surface area contributed by atoms with Crippen molar-refractivity contribution in [1.82, 2.24) is 15.2 Å². The van der Waals surface area contributed by atoms with Gasteiger partial charge in [0.2, 0.25) is 15.9 Å². The number of nitrogens with zero attached hydrogens (tertiary/aromatic N) is 1. The van der Waals surface area contributed by atoms with Gasteiger partial charge in [0, 0.05) is 13.7 Å². The molecule has 2 N–H and O–H groups in total. The molecule has 0 aliphatic rings. The fourth-order valence-electron chi connectivity index (χ4n) is 1.63. The first-order valence-electron chi connectivity index (χ1n) is 6.01. The number of ether oxygens (including phenoxy) is 1. The van der Waals surface area contributed by atoms with Gasteiger partial charge in [-0.15, -0.1) is 0 Å². The lowest BCUT2D eigenvalue weighted by molar-refractivity contribution is -0.122. The van der Waals surface area contributed by atoms with Gasteiger partial charge in [-0.2, -0.15) is 4.72 Å². The summed E-state index contributed by atoms with van der Waals surface area (Å²) in [6.45, 7) is 5.14. The Labute approximate surface area is 117 Å². The first-order valence-corrected chi connectivity index (χ1v) is 7.49. The Bertz CT molecular complexity index is 547. The van der Waals surface area contributed by atoms with Crippen LogP contribution >= 0.6 is 0 Å². The van der Waals surface area contributed by atoms with E-state index in [0.29, 0.717) is 13.2 Å². The molecule has 0 aromatic carbocycles. The number of aryl methyl sites for hydroxylation is 2. The average Bonchev–Trinajstić information content (AvgIpc) is 2.69. The van der Waals surface area contributed by atoms with Crippen molar-refractivity contribution >= 4 is 15.9 Å². The van der Waals surface area contributed by atoms with Crippen molar-refractivity contribution < 1.29 is 22.5 Å². The molecule has 0 saturated carbocycles. The van der Waals surface area contributed by atoms with Gasteiger partial charge in [0.1, 0.15) is 10.6 Å². The molecule has 8 nitrogen and oxygen atoms in total. The highest BCUT2D eigenvalue weighted by molar-refractivity contribution is 7.89. The summed E-state index contributed by atoms with van der Waals surface area (Å²) in [7, 11) is -2.34. The van der Waals surface area contributed by atoms with Crippen molar-refractivity contribution in [2.45, 2.75) is 31.7 Å². The van der Waals surface area contributed by atoms with Crippen LogP contribution in [0.1, 0.15) is 18.4 Å². The first-order chi connectivity index (χ1) is 9.29. The number of nitrogens with one attached hydrogen (secondary N) is 2. The number of carbonyl (C=O) groups excluding carboxylic acids is 1. The topological polar surface area (TPSA) is 111 Å². The van der Waals surface area contributed by atoms with Crippen molar-refractivity contribution in [2.75, 3.05) is 20.3 Å². The second-order valence-corrected chi connectivity index (χ2v) is 5.93. The summed E-state index contributed by atoms with van der Waals surface area (Å²) in [6, 6.07) is -0.912. The maximum absolute atomic E-state index is 12.2. The fourth-order valence-corrected chi connectivity index (χ4v) is 3.17. The molecule has 0 saturated heterocycles. The number of hydrogen-bond acceptors (Lipinski definition) is 6. The summed E-state index contributed by atoms with van der Waals surface area (Å²) in [6.07, 6.45) is 0. The van der Waals surface area contributed by atoms with Gasteiger partial charge in [-0.1, -0.05) is 5.16 Å². The predicted molar refractivity (Wildman–Crippen MR) is 70.6 cm³/mol. The summed E-state index contributed by atoms with van der Waals surface area (Å²) in [5.74, 6) is -0.251. The molecule has 1 atom stereocenters. The van der Waals surface area contributed by atoms with Gasteiger partial charge in [-0.05, 0) is 20.8 Å². The van der Waals surface area contributed by atoms with Crippen LogP contribution in [0, 0.1) is 13.8 Å². The van der Waals surface area contributed by atoms with Crippen molar-refractivity contribution in [3.63, 3.8) is 0 Å². The quantitative estimate of drug-likeness (QED) is 0.670. The van der Waals surface area contributed by atoms with Gasteiger partial charge in [-0.25, -0.2) is 8.42 Å². The molecule has 0 bridgehead atoms. The lowest BCUT2D eigenvalue weighted by Gasteiger charge is -2.14. The third-order valence-electron chi connectivity index (χ3n) is 2.57. The molecule has 0 radical (unpaired) electrons. The van der Waals surface area contributed by atoms with Crippen LogP contribution in [0.3, 0.4) is 0 Å². The predicted octanol–water partition coefficient (Wildman–Crippen LogP) is -0.279. The number of hydrogen-bond donors (Lipinski definition) is 2. The molecule has 0 fully saturated rings. The monoisotopic (exact) mass is 305 g/mol. The number of aromatic nitrogens is 1. The highest BCUT2D eigenvalue weighted by atomic mass is 32.2. The fraction of sp³-hybridized carbons (Fsp3) is 0.636. The van der Waals surface area contributed by atoms with Crippen LogP contribution in [0.4, 0.5) is 0 Å². The average molecular weight is 305 g/mol. The van der Waals surface area contributed by atoms with Gasteiger partial charge in [0.25, 0.3) is 0 Å². The van der Waals surface area contributed by atoms with Crippen LogP contribution in [0.25, 0.3) is 0 Å². The largest absolute Gasteiger partial charge is 0.383 e. The van der Waals surface area contributed by atoms with E-state index in [1.807, 2.05) is 0 Å². The Balaban J connectivity index is 2.74. The van der Waals surface area contributed by atoms with Crippen LogP contribution in [0.2, 0.25) is 0 Å². The zero-order valence-corrected chi connectivity index (χ0v) is 12.7. The molecule has 0 spiro atoms. The SMILES string of the molecule is COCCNC(=O)[C@H](C)NS(=O)(=O)c1c(C)noc1C. The zero-order chi connectivity index (χ0) is 15.3. The van der Waals surface area contributed by atoms with Crippen molar-refractivity contribution in [2.24, 2.45) is 0 Å². The summed E-state index contributed by atoms with van der Waals surface area (Å²) in [5.41, 5.74) is 0.252. The highest BCUT2D eigenvalue weighted by Gasteiger charge is 2.27. The molecular weight excluding hydrogens is 286 g/mol. The molecule has 1 amide bonds. The minimum Gasteiger partial charge on any atom is -0.383 e. The van der Waals surface area contributed by atoms with E-state index in [0.717, 1.165) is 0 Å². The van der Waals surface area contributed by atoms with Crippen LogP contribution in [0.15, 0.2) is 9.42 Å². The van der Waals surface area contributed by atoms with E-state index in [1.54, 1.807) is 0 Å².